The summed E-state index contributed by atoms with van der Waals surface area (Å²) < 4.78 is 28.5. The standard InChI is InChI=1S/C5H7NO8S/c1-6-3-2-4(7)11-13-15(9,10)14-12-5(3)8/h3,6H,2H2,1H3. The van der Waals surface area contributed by atoms with Crippen molar-refractivity contribution in [2.45, 2.75) is 12.5 Å². The monoisotopic (exact) mass is 241 g/mol. The highest BCUT2D eigenvalue weighted by atomic mass is 32.3. The fourth-order valence-corrected chi connectivity index (χ4v) is 1.06. The van der Waals surface area contributed by atoms with Crippen LogP contribution in [0.5, 0.6) is 0 Å². The van der Waals surface area contributed by atoms with Gasteiger partial charge in [-0.05, 0) is 15.7 Å². The lowest BCUT2D eigenvalue weighted by atomic mass is 10.2. The topological polar surface area (TPSA) is 117 Å². The summed E-state index contributed by atoms with van der Waals surface area (Å²) in [7, 11) is -3.31. The first kappa shape index (κ1) is 11.8. The molecule has 0 aromatic carbocycles. The Kier molecular flexibility index (Phi) is 3.57. The van der Waals surface area contributed by atoms with E-state index in [1.807, 2.05) is 0 Å². The first-order valence-electron chi connectivity index (χ1n) is 3.66. The van der Waals surface area contributed by atoms with Crippen molar-refractivity contribution in [1.29, 1.82) is 0 Å². The highest BCUT2D eigenvalue weighted by Crippen LogP contribution is 2.07. The van der Waals surface area contributed by atoms with Gasteiger partial charge in [0.2, 0.25) is 0 Å². The van der Waals surface area contributed by atoms with Crippen molar-refractivity contribution in [2.24, 2.45) is 0 Å². The Bertz CT molecular complexity index is 361. The van der Waals surface area contributed by atoms with E-state index in [-0.39, 0.29) is 0 Å². The summed E-state index contributed by atoms with van der Waals surface area (Å²) >= 11 is 0. The highest BCUT2D eigenvalue weighted by molar-refractivity contribution is 7.81. The molecule has 10 heteroatoms. The second-order valence-electron chi connectivity index (χ2n) is 2.45. The van der Waals surface area contributed by atoms with Crippen molar-refractivity contribution >= 4 is 22.3 Å². The third kappa shape index (κ3) is 3.43. The molecule has 0 radical (unpaired) electrons. The van der Waals surface area contributed by atoms with Gasteiger partial charge in [-0.3, -0.25) is 9.78 Å². The van der Waals surface area contributed by atoms with Crippen molar-refractivity contribution in [1.82, 2.24) is 5.32 Å². The molecule has 1 N–H and O–H groups in total. The van der Waals surface area contributed by atoms with Crippen LogP contribution in [0.4, 0.5) is 0 Å². The molecule has 0 bridgehead atoms. The molecule has 1 aliphatic heterocycles. The Hall–Kier alpha value is -1.23. The van der Waals surface area contributed by atoms with Gasteiger partial charge in [-0.2, -0.15) is 8.42 Å². The van der Waals surface area contributed by atoms with E-state index in [9.17, 15) is 18.0 Å². The number of rotatable bonds is 1. The lowest BCUT2D eigenvalue weighted by molar-refractivity contribution is -0.239. The van der Waals surface area contributed by atoms with E-state index in [1.54, 1.807) is 0 Å². The molecule has 86 valence electrons. The lowest BCUT2D eigenvalue weighted by Gasteiger charge is -2.08. The second-order valence-corrected chi connectivity index (χ2v) is 3.54. The highest BCUT2D eigenvalue weighted by Gasteiger charge is 2.30. The van der Waals surface area contributed by atoms with Crippen LogP contribution in [-0.4, -0.2) is 33.4 Å². The van der Waals surface area contributed by atoms with Crippen LogP contribution < -0.4 is 5.32 Å². The number of likely N-dealkylation sites (N-methyl/N-ethyl adjacent to an activating group) is 1. The van der Waals surface area contributed by atoms with Crippen LogP contribution in [0.1, 0.15) is 6.42 Å². The molecule has 0 amide bonds. The molecular weight excluding hydrogens is 234 g/mol. The Morgan fingerprint density at radius 1 is 1.27 bits per heavy atom. The summed E-state index contributed by atoms with van der Waals surface area (Å²) in [6.07, 6.45) is -0.450. The van der Waals surface area contributed by atoms with E-state index in [0.29, 0.717) is 0 Å². The average molecular weight is 241 g/mol. The van der Waals surface area contributed by atoms with Crippen LogP contribution in [0, 0.1) is 0 Å². The number of hydrogen-bond acceptors (Lipinski definition) is 9. The maximum absolute atomic E-state index is 11.0. The zero-order chi connectivity index (χ0) is 11.5. The van der Waals surface area contributed by atoms with Gasteiger partial charge in [0.25, 0.3) is 0 Å². The maximum Gasteiger partial charge on any atom is 0.471 e. The molecule has 15 heavy (non-hydrogen) atoms. The maximum atomic E-state index is 11.0. The van der Waals surface area contributed by atoms with E-state index < -0.39 is 34.8 Å². The van der Waals surface area contributed by atoms with E-state index in [2.05, 4.69) is 23.8 Å². The number of hydrogen-bond donors (Lipinski definition) is 1. The first-order valence-corrected chi connectivity index (χ1v) is 4.99. The van der Waals surface area contributed by atoms with Gasteiger partial charge >= 0.3 is 22.3 Å². The van der Waals surface area contributed by atoms with Gasteiger partial charge in [-0.1, -0.05) is 0 Å². The second kappa shape index (κ2) is 4.53. The van der Waals surface area contributed by atoms with Gasteiger partial charge in [0.15, 0.2) is 0 Å². The third-order valence-electron chi connectivity index (χ3n) is 1.41. The summed E-state index contributed by atoms with van der Waals surface area (Å²) in [5, 5.41) is 2.40. The number of carbonyl (C=O) groups excluding carboxylic acids is 2. The van der Waals surface area contributed by atoms with E-state index in [4.69, 9.17) is 0 Å². The molecule has 0 aromatic rings. The Morgan fingerprint density at radius 3 is 2.47 bits per heavy atom. The summed E-state index contributed by atoms with van der Waals surface area (Å²) in [5.74, 6) is -2.14. The van der Waals surface area contributed by atoms with Crippen LogP contribution in [0.15, 0.2) is 0 Å². The van der Waals surface area contributed by atoms with Gasteiger partial charge in [-0.25, -0.2) is 9.59 Å². The van der Waals surface area contributed by atoms with Gasteiger partial charge in [0, 0.05) is 0 Å². The van der Waals surface area contributed by atoms with Gasteiger partial charge in [0.1, 0.15) is 6.04 Å². The van der Waals surface area contributed by atoms with Crippen LogP contribution in [0.2, 0.25) is 0 Å². The minimum Gasteiger partial charge on any atom is -0.307 e. The summed E-state index contributed by atoms with van der Waals surface area (Å²) in [6.45, 7) is 0. The van der Waals surface area contributed by atoms with E-state index in [1.165, 1.54) is 7.05 Å². The smallest absolute Gasteiger partial charge is 0.307 e. The van der Waals surface area contributed by atoms with Crippen LogP contribution >= 0.6 is 0 Å². The molecule has 1 fully saturated rings. The van der Waals surface area contributed by atoms with Crippen molar-refractivity contribution < 1.29 is 36.4 Å². The minimum atomic E-state index is -4.68. The third-order valence-corrected chi connectivity index (χ3v) is 1.88. The summed E-state index contributed by atoms with van der Waals surface area (Å²) in [6, 6.07) is -1.07. The first-order chi connectivity index (χ1) is 6.94. The molecule has 0 aromatic heterocycles. The minimum absolute atomic E-state index is 0.450. The molecule has 1 aliphatic rings. The summed E-state index contributed by atoms with van der Waals surface area (Å²) in [5.41, 5.74) is 0. The molecule has 0 spiro atoms. The number of nitrogens with one attached hydrogen (secondary N) is 1. The zero-order valence-corrected chi connectivity index (χ0v) is 8.28. The van der Waals surface area contributed by atoms with Gasteiger partial charge < -0.3 is 5.32 Å². The zero-order valence-electron chi connectivity index (χ0n) is 7.46. The van der Waals surface area contributed by atoms with Crippen molar-refractivity contribution in [3.05, 3.63) is 0 Å². The van der Waals surface area contributed by atoms with Gasteiger partial charge in [0.05, 0.1) is 6.42 Å². The molecular formula is C5H7NO8S. The van der Waals surface area contributed by atoms with E-state index >= 15 is 0 Å². The normalized spacial score (nSPS) is 26.9. The summed E-state index contributed by atoms with van der Waals surface area (Å²) in [4.78, 5) is 29.6. The molecule has 9 nitrogen and oxygen atoms in total. The number of carbonyl (C=O) groups is 2. The van der Waals surface area contributed by atoms with Crippen LogP contribution in [-0.2, 0) is 38.4 Å². The van der Waals surface area contributed by atoms with Crippen LogP contribution in [0.25, 0.3) is 0 Å². The van der Waals surface area contributed by atoms with Crippen molar-refractivity contribution in [3.8, 4) is 0 Å². The van der Waals surface area contributed by atoms with E-state index in [0.717, 1.165) is 0 Å². The molecule has 1 heterocycles. The molecule has 0 aliphatic carbocycles. The molecule has 1 atom stereocenters. The molecule has 0 saturated carbocycles. The SMILES string of the molecule is CNC1CC(=O)OOS(=O)(=O)OOC1=O. The molecule has 1 unspecified atom stereocenters. The predicted octanol–water partition coefficient (Wildman–Crippen LogP) is -1.83. The quantitative estimate of drug-likeness (QED) is 0.529. The predicted molar refractivity (Wildman–Crippen MR) is 40.7 cm³/mol. The van der Waals surface area contributed by atoms with Gasteiger partial charge in [-0.15, -0.1) is 0 Å². The fourth-order valence-electron chi connectivity index (χ4n) is 0.728. The Morgan fingerprint density at radius 2 is 1.87 bits per heavy atom. The van der Waals surface area contributed by atoms with Crippen LogP contribution in [0.3, 0.4) is 0 Å². The Balaban J connectivity index is 2.82. The lowest BCUT2D eigenvalue weighted by Crippen LogP contribution is -2.37. The average Bonchev–Trinajstić information content (AvgIpc) is 2.23. The largest absolute Gasteiger partial charge is 0.471 e. The molecule has 1 saturated heterocycles. The fraction of sp³-hybridized carbons (Fsp3) is 0.600. The Labute approximate surface area is 84.4 Å². The van der Waals surface area contributed by atoms with Crippen molar-refractivity contribution in [3.63, 3.8) is 0 Å². The van der Waals surface area contributed by atoms with Crippen molar-refractivity contribution in [2.75, 3.05) is 7.05 Å². The molecule has 1 rings (SSSR count).